The van der Waals surface area contributed by atoms with Crippen molar-refractivity contribution in [2.75, 3.05) is 0 Å². The number of H-pyrrole nitrogens is 1. The maximum absolute atomic E-state index is 12.5. The van der Waals surface area contributed by atoms with E-state index < -0.39 is 21.3 Å². The van der Waals surface area contributed by atoms with Gasteiger partial charge in [0.05, 0.1) is 15.9 Å². The van der Waals surface area contributed by atoms with Crippen LogP contribution in [0.15, 0.2) is 46.3 Å². The first-order valence-corrected chi connectivity index (χ1v) is 8.65. The van der Waals surface area contributed by atoms with Gasteiger partial charge in [-0.1, -0.05) is 11.6 Å². The second-order valence-electron chi connectivity index (χ2n) is 5.35. The molecule has 6 nitrogen and oxygen atoms in total. The molecule has 23 heavy (non-hydrogen) atoms. The normalized spacial score (nSPS) is 15.7. The highest BCUT2D eigenvalue weighted by molar-refractivity contribution is 7.91. The summed E-state index contributed by atoms with van der Waals surface area (Å²) in [6.45, 7) is 0. The third kappa shape index (κ3) is 2.96. The highest BCUT2D eigenvalue weighted by Gasteiger charge is 2.45. The largest absolute Gasteiger partial charge is 0.356 e. The molecule has 1 aromatic heterocycles. The van der Waals surface area contributed by atoms with Gasteiger partial charge in [0.1, 0.15) is 11.2 Å². The molecule has 1 heterocycles. The number of hydrogen-bond donors (Lipinski definition) is 2. The number of nitrogens with zero attached hydrogens (tertiary/aromatic N) is 1. The van der Waals surface area contributed by atoms with Gasteiger partial charge in [-0.2, -0.15) is 5.26 Å². The Morgan fingerprint density at radius 1 is 1.26 bits per heavy atom. The number of halogens is 1. The van der Waals surface area contributed by atoms with Gasteiger partial charge in [-0.25, -0.2) is 8.42 Å². The third-order valence-corrected chi connectivity index (χ3v) is 5.65. The summed E-state index contributed by atoms with van der Waals surface area (Å²) in [4.78, 5) is 14.8. The number of sulfone groups is 1. The molecule has 2 N–H and O–H groups in total. The minimum Gasteiger partial charge on any atom is -0.356 e. The van der Waals surface area contributed by atoms with Crippen molar-refractivity contribution in [1.29, 1.82) is 5.26 Å². The van der Waals surface area contributed by atoms with Crippen molar-refractivity contribution in [1.82, 2.24) is 10.3 Å². The molecule has 2 aromatic rings. The molecule has 1 saturated carbocycles. The second kappa shape index (κ2) is 5.41. The number of amides is 1. The first kappa shape index (κ1) is 15.6. The Balaban J connectivity index is 1.85. The molecule has 8 heteroatoms. The predicted molar refractivity (Wildman–Crippen MR) is 82.7 cm³/mol. The number of carbonyl (C=O) groups is 1. The second-order valence-corrected chi connectivity index (χ2v) is 7.74. The average Bonchev–Trinajstić information content (AvgIpc) is 3.11. The van der Waals surface area contributed by atoms with Crippen LogP contribution in [0.5, 0.6) is 0 Å². The number of hydrogen-bond acceptors (Lipinski definition) is 4. The molecule has 1 amide bonds. The van der Waals surface area contributed by atoms with Crippen molar-refractivity contribution >= 4 is 27.3 Å². The van der Waals surface area contributed by atoms with Crippen molar-refractivity contribution < 1.29 is 13.2 Å². The number of nitrogens with one attached hydrogen (secondary N) is 2. The molecule has 1 aliphatic carbocycles. The van der Waals surface area contributed by atoms with Crippen LogP contribution in [-0.2, 0) is 9.84 Å². The fourth-order valence-corrected chi connectivity index (χ4v) is 3.46. The Hall–Kier alpha value is -2.30. The van der Waals surface area contributed by atoms with Crippen molar-refractivity contribution in [3.05, 3.63) is 47.2 Å². The number of rotatable bonds is 4. The first-order chi connectivity index (χ1) is 10.9. The number of benzene rings is 1. The van der Waals surface area contributed by atoms with Gasteiger partial charge in [0.2, 0.25) is 9.84 Å². The lowest BCUT2D eigenvalue weighted by Gasteiger charge is -2.07. The molecule has 0 bridgehead atoms. The zero-order valence-corrected chi connectivity index (χ0v) is 13.4. The molecule has 0 spiro atoms. The van der Waals surface area contributed by atoms with Crippen molar-refractivity contribution in [2.24, 2.45) is 0 Å². The van der Waals surface area contributed by atoms with Gasteiger partial charge in [-0.3, -0.25) is 4.79 Å². The highest BCUT2D eigenvalue weighted by atomic mass is 35.5. The van der Waals surface area contributed by atoms with Crippen LogP contribution < -0.4 is 5.32 Å². The molecular formula is C15H12ClN3O3S. The third-order valence-electron chi connectivity index (χ3n) is 3.65. The molecule has 1 aromatic carbocycles. The van der Waals surface area contributed by atoms with Crippen LogP contribution in [0.25, 0.3) is 0 Å². The van der Waals surface area contributed by atoms with Crippen molar-refractivity contribution in [2.45, 2.75) is 28.2 Å². The van der Waals surface area contributed by atoms with Crippen LogP contribution in [0.3, 0.4) is 0 Å². The zero-order chi connectivity index (χ0) is 16.7. The topological polar surface area (TPSA) is 103 Å². The Kier molecular flexibility index (Phi) is 3.66. The SMILES string of the molecule is N#CC1(NC(=O)c2cc(S(=O)(=O)c3ccc(Cl)cc3)c[nH]2)CC1. The van der Waals surface area contributed by atoms with E-state index in [0.29, 0.717) is 17.9 Å². The van der Waals surface area contributed by atoms with Crippen LogP contribution >= 0.6 is 11.6 Å². The Morgan fingerprint density at radius 2 is 1.91 bits per heavy atom. The van der Waals surface area contributed by atoms with E-state index in [0.717, 1.165) is 0 Å². The fraction of sp³-hybridized carbons (Fsp3) is 0.200. The molecule has 0 atom stereocenters. The summed E-state index contributed by atoms with van der Waals surface area (Å²) in [7, 11) is -3.74. The smallest absolute Gasteiger partial charge is 0.268 e. The van der Waals surface area contributed by atoms with Gasteiger partial charge in [0.25, 0.3) is 5.91 Å². The summed E-state index contributed by atoms with van der Waals surface area (Å²) in [5.41, 5.74) is -0.712. The van der Waals surface area contributed by atoms with E-state index in [-0.39, 0.29) is 15.5 Å². The number of carbonyl (C=O) groups excluding carboxylic acids is 1. The Labute approximate surface area is 138 Å². The standard InChI is InChI=1S/C15H12ClN3O3S/c16-10-1-3-11(4-2-10)23(21,22)12-7-13(18-8-12)14(20)19-15(9-17)5-6-15/h1-4,7-8,18H,5-6H2,(H,19,20). The van der Waals surface area contributed by atoms with Gasteiger partial charge in [0.15, 0.2) is 0 Å². The van der Waals surface area contributed by atoms with Crippen LogP contribution in [0.2, 0.25) is 5.02 Å². The molecule has 118 valence electrons. The molecule has 0 unspecified atom stereocenters. The van der Waals surface area contributed by atoms with Crippen LogP contribution in [0, 0.1) is 11.3 Å². The van der Waals surface area contributed by atoms with Gasteiger partial charge in [-0.15, -0.1) is 0 Å². The summed E-state index contributed by atoms with van der Waals surface area (Å²) >= 11 is 5.75. The number of aromatic amines is 1. The maximum Gasteiger partial charge on any atom is 0.268 e. The summed E-state index contributed by atoms with van der Waals surface area (Å²) in [5.74, 6) is -0.499. The predicted octanol–water partition coefficient (Wildman–Crippen LogP) is 2.29. The lowest BCUT2D eigenvalue weighted by atomic mass is 10.3. The van der Waals surface area contributed by atoms with Gasteiger partial charge < -0.3 is 10.3 Å². The van der Waals surface area contributed by atoms with Gasteiger partial charge in [-0.05, 0) is 43.2 Å². The quantitative estimate of drug-likeness (QED) is 0.883. The molecule has 0 aliphatic heterocycles. The Bertz CT molecular complexity index is 906. The molecule has 1 fully saturated rings. The molecular weight excluding hydrogens is 338 g/mol. The highest BCUT2D eigenvalue weighted by Crippen LogP contribution is 2.34. The van der Waals surface area contributed by atoms with E-state index in [4.69, 9.17) is 16.9 Å². The summed E-state index contributed by atoms with van der Waals surface area (Å²) in [5, 5.41) is 12.0. The van der Waals surface area contributed by atoms with Gasteiger partial charge >= 0.3 is 0 Å². The first-order valence-electron chi connectivity index (χ1n) is 6.79. The number of aromatic nitrogens is 1. The molecule has 0 radical (unpaired) electrons. The minimum absolute atomic E-state index is 0.0215. The lowest BCUT2D eigenvalue weighted by molar-refractivity contribution is 0.0937. The zero-order valence-electron chi connectivity index (χ0n) is 11.8. The summed E-state index contributed by atoms with van der Waals surface area (Å²) < 4.78 is 25.0. The number of nitriles is 1. The Morgan fingerprint density at radius 3 is 2.48 bits per heavy atom. The van der Waals surface area contributed by atoms with E-state index in [1.807, 2.05) is 6.07 Å². The van der Waals surface area contributed by atoms with Crippen LogP contribution in [-0.4, -0.2) is 24.8 Å². The summed E-state index contributed by atoms with van der Waals surface area (Å²) in [6.07, 6.45) is 2.46. The molecule has 1 aliphatic rings. The lowest BCUT2D eigenvalue weighted by Crippen LogP contribution is -2.35. The van der Waals surface area contributed by atoms with Gasteiger partial charge in [0, 0.05) is 11.2 Å². The van der Waals surface area contributed by atoms with Crippen LogP contribution in [0.1, 0.15) is 23.3 Å². The monoisotopic (exact) mass is 349 g/mol. The minimum atomic E-state index is -3.74. The molecule has 3 rings (SSSR count). The van der Waals surface area contributed by atoms with Crippen molar-refractivity contribution in [3.8, 4) is 6.07 Å². The average molecular weight is 350 g/mol. The molecule has 0 saturated heterocycles. The summed E-state index contributed by atoms with van der Waals surface area (Å²) in [6, 6.07) is 9.07. The van der Waals surface area contributed by atoms with E-state index in [1.54, 1.807) is 0 Å². The van der Waals surface area contributed by atoms with Crippen LogP contribution in [0.4, 0.5) is 0 Å². The van der Waals surface area contributed by atoms with E-state index in [2.05, 4.69) is 10.3 Å². The van der Waals surface area contributed by atoms with E-state index in [1.165, 1.54) is 36.5 Å². The van der Waals surface area contributed by atoms with E-state index >= 15 is 0 Å². The van der Waals surface area contributed by atoms with E-state index in [9.17, 15) is 13.2 Å². The van der Waals surface area contributed by atoms with Crippen molar-refractivity contribution in [3.63, 3.8) is 0 Å². The maximum atomic E-state index is 12.5. The fourth-order valence-electron chi connectivity index (χ4n) is 2.08.